The van der Waals surface area contributed by atoms with Crippen LogP contribution in [0.15, 0.2) is 0 Å². The maximum absolute atomic E-state index is 12.0. The largest absolute Gasteiger partial charge is 0.481 e. The van der Waals surface area contributed by atoms with Crippen molar-refractivity contribution in [1.29, 1.82) is 0 Å². The van der Waals surface area contributed by atoms with Crippen LogP contribution in [-0.2, 0) is 19.4 Å². The zero-order chi connectivity index (χ0) is 14.8. The van der Waals surface area contributed by atoms with Crippen molar-refractivity contribution in [2.45, 2.75) is 63.6 Å². The number of carboxylic acid groups (broad SMARTS) is 1. The molecule has 1 heterocycles. The summed E-state index contributed by atoms with van der Waals surface area (Å²) >= 11 is 0. The lowest BCUT2D eigenvalue weighted by Crippen LogP contribution is -2.34. The number of carboxylic acids is 1. The summed E-state index contributed by atoms with van der Waals surface area (Å²) in [6, 6.07) is 0. The monoisotopic (exact) mass is 304 g/mol. The Hall–Kier alpha value is -0.620. The van der Waals surface area contributed by atoms with Crippen LogP contribution in [0.25, 0.3) is 0 Å². The van der Waals surface area contributed by atoms with Crippen molar-refractivity contribution < 1.29 is 23.1 Å². The normalized spacial score (nSPS) is 27.6. The SMILES string of the molecule is CC(CS(=O)(=O)CC1CCC2(CCCCC2)O1)C(=O)O. The second kappa shape index (κ2) is 6.02. The molecule has 1 spiro atoms. The van der Waals surface area contributed by atoms with Gasteiger partial charge in [0.2, 0.25) is 0 Å². The third-order valence-corrected chi connectivity index (χ3v) is 6.36. The van der Waals surface area contributed by atoms with Crippen molar-refractivity contribution >= 4 is 15.8 Å². The van der Waals surface area contributed by atoms with Gasteiger partial charge < -0.3 is 9.84 Å². The van der Waals surface area contributed by atoms with Gasteiger partial charge in [0.1, 0.15) is 0 Å². The molecule has 2 aliphatic rings. The molecule has 0 amide bonds. The van der Waals surface area contributed by atoms with Crippen LogP contribution in [0.1, 0.15) is 51.9 Å². The van der Waals surface area contributed by atoms with E-state index >= 15 is 0 Å². The highest BCUT2D eigenvalue weighted by Crippen LogP contribution is 2.42. The molecule has 1 N–H and O–H groups in total. The fraction of sp³-hybridized carbons (Fsp3) is 0.929. The Labute approximate surface area is 120 Å². The molecule has 2 unspecified atom stereocenters. The quantitative estimate of drug-likeness (QED) is 0.840. The smallest absolute Gasteiger partial charge is 0.307 e. The predicted molar refractivity (Wildman–Crippen MR) is 75.4 cm³/mol. The molecule has 0 bridgehead atoms. The third-order valence-electron chi connectivity index (χ3n) is 4.47. The zero-order valence-electron chi connectivity index (χ0n) is 12.0. The molecule has 0 aromatic rings. The van der Waals surface area contributed by atoms with Crippen LogP contribution in [0.4, 0.5) is 0 Å². The Morgan fingerprint density at radius 1 is 1.30 bits per heavy atom. The van der Waals surface area contributed by atoms with Crippen LogP contribution in [0, 0.1) is 5.92 Å². The first-order valence-electron chi connectivity index (χ1n) is 7.43. The van der Waals surface area contributed by atoms with Crippen LogP contribution >= 0.6 is 0 Å². The molecule has 2 fully saturated rings. The number of hydrogen-bond acceptors (Lipinski definition) is 4. The van der Waals surface area contributed by atoms with Gasteiger partial charge in [-0.25, -0.2) is 8.42 Å². The molecule has 1 aliphatic carbocycles. The topological polar surface area (TPSA) is 80.7 Å². The molecule has 0 aromatic heterocycles. The molecular weight excluding hydrogens is 280 g/mol. The summed E-state index contributed by atoms with van der Waals surface area (Å²) in [5, 5.41) is 8.81. The number of aliphatic carboxylic acids is 1. The standard InChI is InChI=1S/C14H24O5S/c1-11(13(15)16)9-20(17,18)10-12-5-8-14(19-12)6-3-2-4-7-14/h11-12H,2-10H2,1H3,(H,15,16). The molecule has 1 aliphatic heterocycles. The summed E-state index contributed by atoms with van der Waals surface area (Å²) in [6.45, 7) is 1.43. The number of sulfone groups is 1. The first-order chi connectivity index (χ1) is 9.32. The molecule has 0 aromatic carbocycles. The Balaban J connectivity index is 1.89. The molecular formula is C14H24O5S. The van der Waals surface area contributed by atoms with Crippen LogP contribution < -0.4 is 0 Å². The summed E-state index contributed by atoms with van der Waals surface area (Å²) in [5.41, 5.74) is -0.0865. The van der Waals surface area contributed by atoms with Gasteiger partial charge in [0, 0.05) is 0 Å². The minimum atomic E-state index is -3.37. The average molecular weight is 304 g/mol. The third kappa shape index (κ3) is 3.95. The van der Waals surface area contributed by atoms with Crippen molar-refractivity contribution in [2.24, 2.45) is 5.92 Å². The van der Waals surface area contributed by atoms with Crippen LogP contribution in [0.2, 0.25) is 0 Å². The molecule has 2 atom stereocenters. The molecule has 5 nitrogen and oxygen atoms in total. The van der Waals surface area contributed by atoms with E-state index in [1.165, 1.54) is 13.3 Å². The summed E-state index contributed by atoms with van der Waals surface area (Å²) in [5.74, 6) is -2.25. The van der Waals surface area contributed by atoms with Crippen molar-refractivity contribution in [3.8, 4) is 0 Å². The maximum Gasteiger partial charge on any atom is 0.307 e. The summed E-state index contributed by atoms with van der Waals surface area (Å²) in [7, 11) is -3.37. The molecule has 116 valence electrons. The number of ether oxygens (including phenoxy) is 1. The first-order valence-corrected chi connectivity index (χ1v) is 9.25. The number of hydrogen-bond donors (Lipinski definition) is 1. The van der Waals surface area contributed by atoms with Crippen LogP contribution in [-0.4, -0.2) is 42.7 Å². The van der Waals surface area contributed by atoms with E-state index in [1.54, 1.807) is 0 Å². The van der Waals surface area contributed by atoms with E-state index in [0.717, 1.165) is 38.5 Å². The second-order valence-electron chi connectivity index (χ2n) is 6.34. The van der Waals surface area contributed by atoms with Gasteiger partial charge in [0.05, 0.1) is 29.1 Å². The lowest BCUT2D eigenvalue weighted by atomic mass is 9.83. The van der Waals surface area contributed by atoms with Crippen LogP contribution in [0.5, 0.6) is 0 Å². The Kier molecular flexibility index (Phi) is 4.74. The second-order valence-corrected chi connectivity index (χ2v) is 8.49. The number of carbonyl (C=O) groups is 1. The molecule has 1 saturated carbocycles. The Bertz CT molecular complexity index is 450. The van der Waals surface area contributed by atoms with Crippen molar-refractivity contribution in [1.82, 2.24) is 0 Å². The fourth-order valence-electron chi connectivity index (χ4n) is 3.38. The summed E-state index contributed by atoms with van der Waals surface area (Å²) in [6.07, 6.45) is 7.11. The van der Waals surface area contributed by atoms with E-state index in [0.29, 0.717) is 0 Å². The van der Waals surface area contributed by atoms with E-state index in [2.05, 4.69) is 0 Å². The Morgan fingerprint density at radius 3 is 2.55 bits per heavy atom. The van der Waals surface area contributed by atoms with E-state index in [1.807, 2.05) is 0 Å². The van der Waals surface area contributed by atoms with E-state index < -0.39 is 21.7 Å². The van der Waals surface area contributed by atoms with Gasteiger partial charge >= 0.3 is 5.97 Å². The average Bonchev–Trinajstić information content (AvgIpc) is 2.71. The molecule has 2 rings (SSSR count). The fourth-order valence-corrected chi connectivity index (χ4v) is 5.22. The highest BCUT2D eigenvalue weighted by molar-refractivity contribution is 7.91. The van der Waals surface area contributed by atoms with Crippen molar-refractivity contribution in [3.05, 3.63) is 0 Å². The summed E-state index contributed by atoms with van der Waals surface area (Å²) < 4.78 is 30.1. The lowest BCUT2D eigenvalue weighted by molar-refractivity contribution is -0.140. The molecule has 1 saturated heterocycles. The van der Waals surface area contributed by atoms with Gasteiger partial charge in [-0.15, -0.1) is 0 Å². The van der Waals surface area contributed by atoms with Gasteiger partial charge in [0.25, 0.3) is 0 Å². The zero-order valence-corrected chi connectivity index (χ0v) is 12.8. The van der Waals surface area contributed by atoms with Gasteiger partial charge in [0.15, 0.2) is 9.84 Å². The van der Waals surface area contributed by atoms with E-state index in [9.17, 15) is 13.2 Å². The summed E-state index contributed by atoms with van der Waals surface area (Å²) in [4.78, 5) is 10.8. The Morgan fingerprint density at radius 2 is 1.95 bits per heavy atom. The van der Waals surface area contributed by atoms with E-state index in [4.69, 9.17) is 9.84 Å². The van der Waals surface area contributed by atoms with Gasteiger partial charge in [-0.05, 0) is 25.7 Å². The lowest BCUT2D eigenvalue weighted by Gasteiger charge is -2.33. The van der Waals surface area contributed by atoms with Gasteiger partial charge in [-0.2, -0.15) is 0 Å². The van der Waals surface area contributed by atoms with Crippen LogP contribution in [0.3, 0.4) is 0 Å². The first kappa shape index (κ1) is 15.8. The molecule has 0 radical (unpaired) electrons. The highest BCUT2D eigenvalue weighted by atomic mass is 32.2. The van der Waals surface area contributed by atoms with Crippen molar-refractivity contribution in [2.75, 3.05) is 11.5 Å². The minimum Gasteiger partial charge on any atom is -0.481 e. The van der Waals surface area contributed by atoms with Crippen molar-refractivity contribution in [3.63, 3.8) is 0 Å². The predicted octanol–water partition coefficient (Wildman–Crippen LogP) is 2.00. The van der Waals surface area contributed by atoms with Gasteiger partial charge in [-0.3, -0.25) is 4.79 Å². The molecule has 20 heavy (non-hydrogen) atoms. The van der Waals surface area contributed by atoms with E-state index in [-0.39, 0.29) is 23.2 Å². The van der Waals surface area contributed by atoms with Gasteiger partial charge in [-0.1, -0.05) is 26.2 Å². The number of rotatable bonds is 5. The highest BCUT2D eigenvalue weighted by Gasteiger charge is 2.42. The molecule has 6 heteroatoms. The maximum atomic E-state index is 12.0. The minimum absolute atomic E-state index is 0.0353.